The van der Waals surface area contributed by atoms with Gasteiger partial charge in [0.25, 0.3) is 10.0 Å². The average molecular weight is 344 g/mol. The zero-order valence-electron chi connectivity index (χ0n) is 10.2. The topological polar surface area (TPSA) is 122 Å². The number of hydrogen-bond acceptors (Lipinski definition) is 6. The molecule has 2 aromatic rings. The fraction of sp³-hybridized carbons (Fsp3) is 0. The van der Waals surface area contributed by atoms with Crippen molar-refractivity contribution in [2.45, 2.75) is 4.90 Å². The van der Waals surface area contributed by atoms with Crippen molar-refractivity contribution in [3.63, 3.8) is 0 Å². The Kier molecular flexibility index (Phi) is 4.18. The predicted molar refractivity (Wildman–Crippen MR) is 78.4 cm³/mol. The summed E-state index contributed by atoms with van der Waals surface area (Å²) in [6, 6.07) is 5.58. The summed E-state index contributed by atoms with van der Waals surface area (Å²) in [6.45, 7) is 0. The first-order valence-corrected chi connectivity index (χ1v) is 7.57. The molecule has 0 aliphatic rings. The highest BCUT2D eigenvalue weighted by molar-refractivity contribution is 7.92. The summed E-state index contributed by atoms with van der Waals surface area (Å²) in [4.78, 5) is 7.01. The molecule has 0 bridgehead atoms. The van der Waals surface area contributed by atoms with Gasteiger partial charge >= 0.3 is 0 Å². The molecule has 1 aromatic carbocycles. The summed E-state index contributed by atoms with van der Waals surface area (Å²) in [5.41, 5.74) is 5.52. The molecule has 0 saturated carbocycles. The van der Waals surface area contributed by atoms with E-state index in [4.69, 9.17) is 34.2 Å². The first-order chi connectivity index (χ1) is 9.85. The van der Waals surface area contributed by atoms with E-state index < -0.39 is 10.0 Å². The minimum Gasteiger partial charge on any atom is -0.399 e. The minimum atomic E-state index is -4.09. The second-order valence-electron chi connectivity index (χ2n) is 3.80. The molecule has 0 radical (unpaired) electrons. The van der Waals surface area contributed by atoms with Gasteiger partial charge in [0.05, 0.1) is 5.56 Å². The lowest BCUT2D eigenvalue weighted by molar-refractivity contribution is 0.601. The van der Waals surface area contributed by atoms with Gasteiger partial charge < -0.3 is 5.73 Å². The van der Waals surface area contributed by atoms with Crippen LogP contribution in [0.15, 0.2) is 29.4 Å². The van der Waals surface area contributed by atoms with Crippen LogP contribution < -0.4 is 10.5 Å². The highest BCUT2D eigenvalue weighted by Gasteiger charge is 2.22. The molecule has 1 aromatic heterocycles. The molecular weight excluding hydrogens is 337 g/mol. The minimum absolute atomic E-state index is 0.105. The van der Waals surface area contributed by atoms with E-state index in [0.717, 1.165) is 6.33 Å². The Morgan fingerprint density at radius 3 is 2.43 bits per heavy atom. The van der Waals surface area contributed by atoms with Gasteiger partial charge in [-0.2, -0.15) is 5.26 Å². The van der Waals surface area contributed by atoms with E-state index in [9.17, 15) is 8.42 Å². The molecule has 0 unspecified atom stereocenters. The number of hydrogen-bond donors (Lipinski definition) is 2. The molecule has 3 N–H and O–H groups in total. The van der Waals surface area contributed by atoms with Crippen LogP contribution in [0.5, 0.6) is 0 Å². The number of halogens is 2. The Balaban J connectivity index is 2.52. The van der Waals surface area contributed by atoms with Crippen molar-refractivity contribution in [2.75, 3.05) is 10.5 Å². The number of nitrogens with one attached hydrogen (secondary N) is 1. The van der Waals surface area contributed by atoms with Gasteiger partial charge in [-0.05, 0) is 18.2 Å². The Morgan fingerprint density at radius 2 is 1.86 bits per heavy atom. The summed E-state index contributed by atoms with van der Waals surface area (Å²) in [5, 5.41) is 8.69. The Morgan fingerprint density at radius 1 is 1.24 bits per heavy atom. The molecule has 0 aliphatic heterocycles. The van der Waals surface area contributed by atoms with E-state index in [-0.39, 0.29) is 32.1 Å². The normalized spacial score (nSPS) is 10.9. The third-order valence-electron chi connectivity index (χ3n) is 2.40. The molecule has 2 rings (SSSR count). The van der Waals surface area contributed by atoms with Crippen molar-refractivity contribution >= 4 is 44.6 Å². The van der Waals surface area contributed by atoms with Crippen molar-refractivity contribution in [3.8, 4) is 6.07 Å². The summed E-state index contributed by atoms with van der Waals surface area (Å²) in [6.07, 6.45) is 1.09. The van der Waals surface area contributed by atoms with Gasteiger partial charge in [-0.3, -0.25) is 4.72 Å². The van der Waals surface area contributed by atoms with Gasteiger partial charge in [-0.1, -0.05) is 23.2 Å². The summed E-state index contributed by atoms with van der Waals surface area (Å²) in [7, 11) is -4.09. The van der Waals surface area contributed by atoms with Gasteiger partial charge in [-0.25, -0.2) is 18.4 Å². The molecule has 0 amide bonds. The van der Waals surface area contributed by atoms with E-state index >= 15 is 0 Å². The van der Waals surface area contributed by atoms with Crippen molar-refractivity contribution in [1.29, 1.82) is 5.26 Å². The van der Waals surface area contributed by atoms with Gasteiger partial charge in [0.1, 0.15) is 23.0 Å². The number of aromatic nitrogens is 2. The zero-order chi connectivity index (χ0) is 15.6. The maximum Gasteiger partial charge on any atom is 0.263 e. The van der Waals surface area contributed by atoms with Crippen molar-refractivity contribution in [2.24, 2.45) is 0 Å². The molecule has 108 valence electrons. The fourth-order valence-electron chi connectivity index (χ4n) is 1.49. The lowest BCUT2D eigenvalue weighted by atomic mass is 10.2. The monoisotopic (exact) mass is 343 g/mol. The van der Waals surface area contributed by atoms with Crippen molar-refractivity contribution in [3.05, 3.63) is 40.4 Å². The van der Waals surface area contributed by atoms with Crippen LogP contribution in [0.25, 0.3) is 0 Å². The van der Waals surface area contributed by atoms with Crippen LogP contribution >= 0.6 is 23.2 Å². The number of nitriles is 1. The SMILES string of the molecule is N#Cc1cc(N)ccc1S(=O)(=O)Nc1c(Cl)ncnc1Cl. The summed E-state index contributed by atoms with van der Waals surface area (Å²) in [5.74, 6) is 0. The lowest BCUT2D eigenvalue weighted by Crippen LogP contribution is -2.15. The molecule has 1 heterocycles. The number of nitrogen functional groups attached to an aromatic ring is 1. The standard InChI is InChI=1S/C11H7Cl2N5O2S/c12-10-9(11(13)17-5-16-10)18-21(19,20)8-2-1-7(15)3-6(8)4-14/h1-3,5,18H,15H2. The molecule has 0 aliphatic carbocycles. The van der Waals surface area contributed by atoms with Crippen LogP contribution in [0.2, 0.25) is 10.3 Å². The van der Waals surface area contributed by atoms with Crippen LogP contribution in [0.1, 0.15) is 5.56 Å². The van der Waals surface area contributed by atoms with Gasteiger partial charge in [0.2, 0.25) is 0 Å². The molecule has 21 heavy (non-hydrogen) atoms. The highest BCUT2D eigenvalue weighted by Crippen LogP contribution is 2.29. The van der Waals surface area contributed by atoms with Crippen LogP contribution in [-0.4, -0.2) is 18.4 Å². The zero-order valence-corrected chi connectivity index (χ0v) is 12.5. The van der Waals surface area contributed by atoms with Gasteiger partial charge in [0, 0.05) is 5.69 Å². The first kappa shape index (κ1) is 15.3. The number of nitrogens with zero attached hydrogens (tertiary/aromatic N) is 3. The number of benzene rings is 1. The van der Waals surface area contributed by atoms with Crippen LogP contribution in [0, 0.1) is 11.3 Å². The Labute approximate surface area is 130 Å². The second kappa shape index (κ2) is 5.73. The molecule has 0 spiro atoms. The number of anilines is 2. The number of nitrogens with two attached hydrogens (primary N) is 1. The van der Waals surface area contributed by atoms with Crippen molar-refractivity contribution in [1.82, 2.24) is 9.97 Å². The molecule has 7 nitrogen and oxygen atoms in total. The molecule has 10 heteroatoms. The largest absolute Gasteiger partial charge is 0.399 e. The average Bonchev–Trinajstić information content (AvgIpc) is 2.42. The molecular formula is C11H7Cl2N5O2S. The van der Waals surface area contributed by atoms with E-state index in [1.165, 1.54) is 18.2 Å². The Hall–Kier alpha value is -2.08. The molecule has 0 saturated heterocycles. The third kappa shape index (κ3) is 3.16. The molecule has 0 atom stereocenters. The van der Waals surface area contributed by atoms with E-state index in [2.05, 4.69) is 14.7 Å². The van der Waals surface area contributed by atoms with E-state index in [1.54, 1.807) is 6.07 Å². The predicted octanol–water partition coefficient (Wildman–Crippen LogP) is 2.04. The maximum atomic E-state index is 12.3. The first-order valence-electron chi connectivity index (χ1n) is 5.33. The number of sulfonamides is 1. The summed E-state index contributed by atoms with van der Waals surface area (Å²) >= 11 is 11.5. The third-order valence-corrected chi connectivity index (χ3v) is 4.39. The van der Waals surface area contributed by atoms with Gasteiger partial charge in [-0.15, -0.1) is 0 Å². The van der Waals surface area contributed by atoms with Crippen LogP contribution in [-0.2, 0) is 10.0 Å². The smallest absolute Gasteiger partial charge is 0.263 e. The highest BCUT2D eigenvalue weighted by atomic mass is 35.5. The quantitative estimate of drug-likeness (QED) is 0.649. The molecule has 0 fully saturated rings. The Bertz CT molecular complexity index is 828. The number of rotatable bonds is 3. The van der Waals surface area contributed by atoms with E-state index in [1.807, 2.05) is 0 Å². The van der Waals surface area contributed by atoms with Gasteiger partial charge in [0.15, 0.2) is 10.3 Å². The second-order valence-corrected chi connectivity index (χ2v) is 6.17. The fourth-order valence-corrected chi connectivity index (χ4v) is 3.22. The maximum absolute atomic E-state index is 12.3. The van der Waals surface area contributed by atoms with E-state index in [0.29, 0.717) is 0 Å². The van der Waals surface area contributed by atoms with Crippen molar-refractivity contribution < 1.29 is 8.42 Å². The van der Waals surface area contributed by atoms with Crippen LogP contribution in [0.3, 0.4) is 0 Å². The lowest BCUT2D eigenvalue weighted by Gasteiger charge is -2.11. The summed E-state index contributed by atoms with van der Waals surface area (Å²) < 4.78 is 26.8. The van der Waals surface area contributed by atoms with Crippen LogP contribution in [0.4, 0.5) is 11.4 Å².